The summed E-state index contributed by atoms with van der Waals surface area (Å²) < 4.78 is 5.48. The highest BCUT2D eigenvalue weighted by molar-refractivity contribution is 5.45. The molecule has 0 unspecified atom stereocenters. The van der Waals surface area contributed by atoms with Gasteiger partial charge in [-0.15, -0.1) is 61.2 Å². The van der Waals surface area contributed by atoms with Crippen LogP contribution in [0.15, 0.2) is 214 Å². The van der Waals surface area contributed by atoms with Gasteiger partial charge in [-0.3, -0.25) is 13.7 Å². The molecule has 0 aliphatic heterocycles. The van der Waals surface area contributed by atoms with Gasteiger partial charge in [-0.1, -0.05) is 214 Å². The molecule has 0 radical (unpaired) electrons. The van der Waals surface area contributed by atoms with Crippen molar-refractivity contribution in [1.29, 1.82) is 0 Å². The number of allylic oxidation sites excluding steroid dienone is 27. The summed E-state index contributed by atoms with van der Waals surface area (Å²) in [5.41, 5.74) is 34.5. The molecular formula is C96H147N45. The molecule has 21 N–H and O–H groups in total. The van der Waals surface area contributed by atoms with E-state index in [2.05, 4.69) is 333 Å². The molecule has 18 rings (SSSR count). The zero-order valence-electron chi connectivity index (χ0n) is 84.5. The molecule has 0 saturated carbocycles. The first-order valence-electron chi connectivity index (χ1n) is 47.7. The van der Waals surface area contributed by atoms with Crippen LogP contribution >= 0.6 is 0 Å². The highest BCUT2D eigenvalue weighted by Crippen LogP contribution is 2.25. The van der Waals surface area contributed by atoms with Crippen molar-refractivity contribution in [2.45, 2.75) is 116 Å². The average Bonchev–Trinajstić information content (AvgIpc) is 1.70. The monoisotopic (exact) mass is 1930 g/mol. The summed E-state index contributed by atoms with van der Waals surface area (Å²) in [6, 6.07) is 0. The molecule has 9 aromatic heterocycles. The normalized spacial score (nSPS) is 14.1. The van der Waals surface area contributed by atoms with Crippen molar-refractivity contribution in [3.8, 4) is 0 Å². The van der Waals surface area contributed by atoms with Crippen LogP contribution in [0.2, 0.25) is 0 Å². The van der Waals surface area contributed by atoms with Gasteiger partial charge >= 0.3 is 0 Å². The van der Waals surface area contributed by atoms with Crippen LogP contribution in [0.1, 0.15) is 116 Å². The van der Waals surface area contributed by atoms with E-state index in [1.807, 2.05) is 128 Å². The Morgan fingerprint density at radius 3 is 0.972 bits per heavy atom. The van der Waals surface area contributed by atoms with Crippen molar-refractivity contribution >= 4 is 107 Å². The van der Waals surface area contributed by atoms with Crippen LogP contribution < -0.4 is 94.5 Å². The van der Waals surface area contributed by atoms with Gasteiger partial charge in [-0.25, -0.2) is 30.6 Å². The minimum atomic E-state index is 0.340. The largest absolute Gasteiger partial charge is 0.368 e. The summed E-state index contributed by atoms with van der Waals surface area (Å²) in [6.07, 6.45) is 78.1. The van der Waals surface area contributed by atoms with Crippen LogP contribution in [0.4, 0.5) is 107 Å². The number of rotatable bonds is 41. The molecule has 0 bridgehead atoms. The Hall–Kier alpha value is -16.0. The number of nitrogens with two attached hydrogens (primary N) is 4. The van der Waals surface area contributed by atoms with Gasteiger partial charge in [0.2, 0.25) is 107 Å². The number of aromatic nitrogens is 27. The zero-order valence-corrected chi connectivity index (χ0v) is 84.5. The van der Waals surface area contributed by atoms with Gasteiger partial charge in [0.1, 0.15) is 0 Å². The van der Waals surface area contributed by atoms with Crippen molar-refractivity contribution in [1.82, 2.24) is 135 Å². The molecule has 0 fully saturated rings. The molecule has 45 heteroatoms. The molecule has 9 heterocycles. The SMILES string of the molecule is CN(C)c1n[nH]c(N(C)CCC2=CCC=C2)n1.CN(C)c1n[nH]c(NCCC2=CCC=C2)n1.CN(C)c1nnc(NCCC2=CCC=C2)n1C.CN(CCC1=CCC=C1)c1n[nH]c(N)n1.CN(CCC1=CCC=C1)c1nnc(N)n1C.CNc1n[nH]c(NCCC2=CCC=C2)n1.CNc1nc(N(C)CCC2=CCC=C2)n[nH]1.Cn1c(N)nnc1NCCC1=CCC=C1.Nc1nc(NCCC2=CCC=C2)n[nH]1. The maximum Gasteiger partial charge on any atom is 0.246 e. The number of aromatic amines is 6. The minimum Gasteiger partial charge on any atom is -0.368 e. The fourth-order valence-electron chi connectivity index (χ4n) is 14.4. The molecule has 141 heavy (non-hydrogen) atoms. The molecule has 0 aromatic carbocycles. The number of anilines is 18. The number of nitrogen functional groups attached to an aromatic ring is 4. The Morgan fingerprint density at radius 1 is 0.284 bits per heavy atom. The molecule has 9 aromatic rings. The maximum absolute atomic E-state index is 5.64. The third-order valence-corrected chi connectivity index (χ3v) is 22.7. The van der Waals surface area contributed by atoms with E-state index in [0.717, 1.165) is 216 Å². The summed E-state index contributed by atoms with van der Waals surface area (Å²) in [6.45, 7) is 7.99. The fourth-order valence-corrected chi connectivity index (χ4v) is 14.4. The second kappa shape index (κ2) is 57.9. The first-order valence-corrected chi connectivity index (χ1v) is 47.7. The third-order valence-electron chi connectivity index (χ3n) is 22.7. The van der Waals surface area contributed by atoms with Crippen molar-refractivity contribution in [3.05, 3.63) is 214 Å². The van der Waals surface area contributed by atoms with Crippen LogP contribution in [-0.2, 0) is 21.1 Å². The standard InChI is InChI=1S/2C12H19N5.3C11H17N5.3C10H15N5.C9H13N5/c1-16(2)11-13-12(15-14-11)17(3)9-8-10-6-4-5-7-10;1-16(2)12-15-14-11(17(12)3)13-9-8-10-6-4-5-7-10;1-15(8-7-9-5-3-4-6-9)11-14-13-10(12)16(11)2;1-16(2)11-13-10(14-15-11)12-8-7-9-5-3-4-6-9;1-12-10-13-11(15-14-10)16(2)8-7-9-5-3-4-6-9;1-15(10-12-9(11)13-14-10)7-6-8-4-2-3-5-8;1-15-9(11)13-14-10(15)12-7-6-8-4-2-3-5-8;1-11-9-13-10(15-14-9)12-7-6-8-4-2-3-5-8;10-8-12-9(14-13-8)11-6-5-7-3-1-2-4-7/h4,6-7H,5,8-9H2,1-3H3,(H,13,14,15);4,6-7H,5,8-9H2,1-3H3,(H,13,14);3,5-6H,4,7-8H2,1-2H3,(H2,12,13);2*3,5-6H,4,7-8H2,1-2H3,(H2,12,13,14,15);2,4-5H,3,6-7H2,1H3,(H3,11,12,13,14);2,4-5H,3,6-7H2,1H3,(H2,11,13)(H,12,14);2,4-5H,3,6-7H2,1H3,(H3,11,12,13,14,15);1,3-4H,2,5-6H2,(H4,10,11,12,13,14). The van der Waals surface area contributed by atoms with Gasteiger partial charge in [-0.05, 0) is 116 Å². The molecule has 0 amide bonds. The van der Waals surface area contributed by atoms with Gasteiger partial charge in [0.15, 0.2) is 0 Å². The van der Waals surface area contributed by atoms with E-state index >= 15 is 0 Å². The number of hydrogen-bond acceptors (Lipinski definition) is 36. The molecule has 0 spiro atoms. The Balaban J connectivity index is 0.000000163. The topological polar surface area (TPSA) is 553 Å². The minimum absolute atomic E-state index is 0.340. The average molecular weight is 1930 g/mol. The smallest absolute Gasteiger partial charge is 0.246 e. The highest BCUT2D eigenvalue weighted by Gasteiger charge is 2.18. The summed E-state index contributed by atoms with van der Waals surface area (Å²) in [7, 11) is 28.9. The first kappa shape index (κ1) is 107. The quantitative estimate of drug-likeness (QED) is 0.0169. The Morgan fingerprint density at radius 2 is 0.617 bits per heavy atom. The van der Waals surface area contributed by atoms with Crippen LogP contribution in [-0.4, -0.2) is 279 Å². The van der Waals surface area contributed by atoms with E-state index in [9.17, 15) is 0 Å². The Kier molecular flexibility index (Phi) is 43.9. The van der Waals surface area contributed by atoms with Gasteiger partial charge in [0.05, 0.1) is 0 Å². The lowest BCUT2D eigenvalue weighted by Gasteiger charge is -2.17. The summed E-state index contributed by atoms with van der Waals surface area (Å²) in [5.74, 6) is 11.7. The number of nitrogens with one attached hydrogen (secondary N) is 13. The van der Waals surface area contributed by atoms with Gasteiger partial charge in [0.25, 0.3) is 0 Å². The van der Waals surface area contributed by atoms with Crippen LogP contribution in [0, 0.1) is 0 Å². The van der Waals surface area contributed by atoms with Gasteiger partial charge < -0.3 is 94.5 Å². The summed E-state index contributed by atoms with van der Waals surface area (Å²) in [4.78, 5) is 39.0. The lowest BCUT2D eigenvalue weighted by molar-refractivity contribution is 0.796. The van der Waals surface area contributed by atoms with Crippen molar-refractivity contribution in [2.75, 3.05) is 238 Å². The predicted molar refractivity (Wildman–Crippen MR) is 575 cm³/mol. The number of hydrogen-bond donors (Lipinski definition) is 17. The molecular weight excluding hydrogens is 1780 g/mol. The van der Waals surface area contributed by atoms with E-state index in [1.165, 1.54) is 50.2 Å². The maximum atomic E-state index is 5.64. The van der Waals surface area contributed by atoms with E-state index in [1.54, 1.807) is 16.2 Å². The summed E-state index contributed by atoms with van der Waals surface area (Å²) in [5, 5.41) is 86.3. The van der Waals surface area contributed by atoms with Gasteiger partial charge in [0, 0.05) is 165 Å². The van der Waals surface area contributed by atoms with Crippen molar-refractivity contribution < 1.29 is 0 Å². The second-order valence-corrected chi connectivity index (χ2v) is 34.2. The third kappa shape index (κ3) is 37.4. The predicted octanol–water partition coefficient (Wildman–Crippen LogP) is 12.2. The molecule has 0 saturated heterocycles. The second-order valence-electron chi connectivity index (χ2n) is 34.2. The molecule has 9 aliphatic carbocycles. The van der Waals surface area contributed by atoms with Crippen LogP contribution in [0.3, 0.4) is 0 Å². The van der Waals surface area contributed by atoms with Crippen LogP contribution in [0.5, 0.6) is 0 Å². The molecule has 0 atom stereocenters. The lowest BCUT2D eigenvalue weighted by Crippen LogP contribution is -2.22. The van der Waals surface area contributed by atoms with Crippen molar-refractivity contribution in [3.63, 3.8) is 0 Å². The van der Waals surface area contributed by atoms with E-state index < -0.39 is 0 Å². The van der Waals surface area contributed by atoms with E-state index in [0.29, 0.717) is 65.4 Å². The Labute approximate surface area is 827 Å². The summed E-state index contributed by atoms with van der Waals surface area (Å²) >= 11 is 0. The number of nitrogens with zero attached hydrogens (tertiary/aromatic N) is 28. The fraction of sp³-hybridized carbons (Fsp3) is 0.438. The molecule has 9 aliphatic rings. The van der Waals surface area contributed by atoms with Gasteiger partial charge in [-0.2, -0.15) is 29.9 Å². The van der Waals surface area contributed by atoms with E-state index in [4.69, 9.17) is 22.9 Å². The highest BCUT2D eigenvalue weighted by atomic mass is 15.5. The van der Waals surface area contributed by atoms with E-state index in [-0.39, 0.29) is 0 Å². The van der Waals surface area contributed by atoms with Crippen molar-refractivity contribution in [2.24, 2.45) is 21.1 Å². The molecule has 45 nitrogen and oxygen atoms in total. The van der Waals surface area contributed by atoms with Crippen LogP contribution in [0.25, 0.3) is 0 Å². The number of H-pyrrole nitrogens is 6. The zero-order chi connectivity index (χ0) is 100. The lowest BCUT2D eigenvalue weighted by atomic mass is 10.2. The first-order chi connectivity index (χ1) is 68.3. The Bertz CT molecular complexity index is 5880. The molecule has 756 valence electrons.